The standard InChI is InChI=1S/C14H22ClN5/c15-12-4-1-2-5-13(12)20-10-8-19(9-11-20)7-3-6-18-14(16)17/h1-2,4-5H,3,6-11H2,(H4,16,17,18). The summed E-state index contributed by atoms with van der Waals surface area (Å²) in [4.78, 5) is 8.78. The Hall–Kier alpha value is -1.46. The average Bonchev–Trinajstić information content (AvgIpc) is 2.45. The number of rotatable bonds is 5. The zero-order valence-electron chi connectivity index (χ0n) is 11.6. The maximum absolute atomic E-state index is 6.23. The van der Waals surface area contributed by atoms with E-state index < -0.39 is 0 Å². The molecule has 4 N–H and O–H groups in total. The van der Waals surface area contributed by atoms with Gasteiger partial charge in [0.15, 0.2) is 5.96 Å². The molecule has 1 aliphatic rings. The molecule has 0 bridgehead atoms. The Morgan fingerprint density at radius 2 is 1.85 bits per heavy atom. The topological polar surface area (TPSA) is 70.9 Å². The number of nitrogens with two attached hydrogens (primary N) is 2. The first-order valence-corrected chi connectivity index (χ1v) is 7.32. The lowest BCUT2D eigenvalue weighted by Crippen LogP contribution is -2.46. The predicted octanol–water partition coefficient (Wildman–Crippen LogP) is 1.13. The molecule has 20 heavy (non-hydrogen) atoms. The number of aliphatic imine (C=N–C) groups is 1. The third kappa shape index (κ3) is 4.28. The second-order valence-corrected chi connectivity index (χ2v) is 5.35. The van der Waals surface area contributed by atoms with Crippen LogP contribution in [0.5, 0.6) is 0 Å². The number of benzene rings is 1. The number of hydrogen-bond acceptors (Lipinski definition) is 3. The van der Waals surface area contributed by atoms with Crippen molar-refractivity contribution in [1.82, 2.24) is 4.90 Å². The summed E-state index contributed by atoms with van der Waals surface area (Å²) in [6.07, 6.45) is 0.990. The first-order chi connectivity index (χ1) is 9.66. The fourth-order valence-electron chi connectivity index (χ4n) is 2.42. The van der Waals surface area contributed by atoms with Crippen LogP contribution in [0.4, 0.5) is 5.69 Å². The lowest BCUT2D eigenvalue weighted by atomic mass is 10.2. The van der Waals surface area contributed by atoms with Gasteiger partial charge in [-0.1, -0.05) is 23.7 Å². The lowest BCUT2D eigenvalue weighted by molar-refractivity contribution is 0.256. The molecule has 0 radical (unpaired) electrons. The van der Waals surface area contributed by atoms with Gasteiger partial charge in [-0.3, -0.25) is 9.89 Å². The van der Waals surface area contributed by atoms with Crippen molar-refractivity contribution >= 4 is 23.2 Å². The van der Waals surface area contributed by atoms with Crippen LogP contribution in [0, 0.1) is 0 Å². The van der Waals surface area contributed by atoms with E-state index in [0.29, 0.717) is 6.54 Å². The second kappa shape index (κ2) is 7.36. The van der Waals surface area contributed by atoms with Crippen molar-refractivity contribution in [3.63, 3.8) is 0 Å². The Morgan fingerprint density at radius 1 is 1.15 bits per heavy atom. The summed E-state index contributed by atoms with van der Waals surface area (Å²) >= 11 is 6.23. The van der Waals surface area contributed by atoms with Crippen molar-refractivity contribution in [1.29, 1.82) is 0 Å². The van der Waals surface area contributed by atoms with Gasteiger partial charge < -0.3 is 16.4 Å². The lowest BCUT2D eigenvalue weighted by Gasteiger charge is -2.36. The summed E-state index contributed by atoms with van der Waals surface area (Å²) < 4.78 is 0. The number of para-hydroxylation sites is 1. The van der Waals surface area contributed by atoms with Gasteiger partial charge in [0.2, 0.25) is 0 Å². The van der Waals surface area contributed by atoms with Crippen molar-refractivity contribution in [2.45, 2.75) is 6.42 Å². The molecular formula is C14H22ClN5. The summed E-state index contributed by atoms with van der Waals surface area (Å²) in [5.41, 5.74) is 11.7. The molecule has 1 aromatic rings. The highest BCUT2D eigenvalue weighted by atomic mass is 35.5. The van der Waals surface area contributed by atoms with Crippen LogP contribution in [0.3, 0.4) is 0 Å². The molecule has 0 aliphatic carbocycles. The summed E-state index contributed by atoms with van der Waals surface area (Å²) in [7, 11) is 0. The van der Waals surface area contributed by atoms with Gasteiger partial charge in [0, 0.05) is 39.3 Å². The summed E-state index contributed by atoms with van der Waals surface area (Å²) in [6.45, 7) is 5.85. The molecule has 0 unspecified atom stereocenters. The second-order valence-electron chi connectivity index (χ2n) is 4.94. The van der Waals surface area contributed by atoms with E-state index in [1.54, 1.807) is 0 Å². The van der Waals surface area contributed by atoms with E-state index in [1.165, 1.54) is 0 Å². The fourth-order valence-corrected chi connectivity index (χ4v) is 2.68. The number of guanidine groups is 1. The minimum atomic E-state index is 0.175. The molecule has 0 aromatic heterocycles. The van der Waals surface area contributed by atoms with Gasteiger partial charge >= 0.3 is 0 Å². The van der Waals surface area contributed by atoms with Crippen molar-refractivity contribution in [3.8, 4) is 0 Å². The minimum Gasteiger partial charge on any atom is -0.370 e. The summed E-state index contributed by atoms with van der Waals surface area (Å²) in [5.74, 6) is 0.175. The van der Waals surface area contributed by atoms with Crippen molar-refractivity contribution in [2.24, 2.45) is 16.5 Å². The van der Waals surface area contributed by atoms with Crippen LogP contribution < -0.4 is 16.4 Å². The van der Waals surface area contributed by atoms with Gasteiger partial charge in [-0.25, -0.2) is 0 Å². The van der Waals surface area contributed by atoms with Crippen molar-refractivity contribution in [3.05, 3.63) is 29.3 Å². The van der Waals surface area contributed by atoms with Gasteiger partial charge in [-0.2, -0.15) is 0 Å². The summed E-state index contributed by atoms with van der Waals surface area (Å²) in [6, 6.07) is 8.02. The molecule has 0 atom stereocenters. The van der Waals surface area contributed by atoms with E-state index in [9.17, 15) is 0 Å². The van der Waals surface area contributed by atoms with Crippen LogP contribution in [0.15, 0.2) is 29.3 Å². The fraction of sp³-hybridized carbons (Fsp3) is 0.500. The minimum absolute atomic E-state index is 0.175. The molecule has 1 saturated heterocycles. The maximum Gasteiger partial charge on any atom is 0.185 e. The Bertz CT molecular complexity index is 451. The average molecular weight is 296 g/mol. The highest BCUT2D eigenvalue weighted by Gasteiger charge is 2.17. The van der Waals surface area contributed by atoms with Gasteiger partial charge in [-0.15, -0.1) is 0 Å². The molecular weight excluding hydrogens is 274 g/mol. The van der Waals surface area contributed by atoms with E-state index in [1.807, 2.05) is 18.2 Å². The number of halogens is 1. The Labute approximate surface area is 125 Å². The van der Waals surface area contributed by atoms with E-state index in [4.69, 9.17) is 23.1 Å². The SMILES string of the molecule is NC(N)=NCCCN1CCN(c2ccccc2Cl)CC1. The zero-order chi connectivity index (χ0) is 14.4. The predicted molar refractivity (Wildman–Crippen MR) is 85.4 cm³/mol. The zero-order valence-corrected chi connectivity index (χ0v) is 12.4. The van der Waals surface area contributed by atoms with Gasteiger partial charge in [0.1, 0.15) is 0 Å². The van der Waals surface area contributed by atoms with Crippen molar-refractivity contribution < 1.29 is 0 Å². The van der Waals surface area contributed by atoms with Crippen LogP contribution in [0.25, 0.3) is 0 Å². The quantitative estimate of drug-likeness (QED) is 0.485. The highest BCUT2D eigenvalue weighted by molar-refractivity contribution is 6.33. The van der Waals surface area contributed by atoms with E-state index in [0.717, 1.165) is 49.9 Å². The Balaban J connectivity index is 1.75. The van der Waals surface area contributed by atoms with E-state index in [-0.39, 0.29) is 5.96 Å². The van der Waals surface area contributed by atoms with E-state index >= 15 is 0 Å². The van der Waals surface area contributed by atoms with Crippen LogP contribution in [-0.4, -0.2) is 50.1 Å². The van der Waals surface area contributed by atoms with Crippen LogP contribution in [-0.2, 0) is 0 Å². The Kier molecular flexibility index (Phi) is 5.49. The molecule has 1 aromatic carbocycles. The van der Waals surface area contributed by atoms with Gasteiger partial charge in [-0.05, 0) is 18.6 Å². The number of nitrogens with zero attached hydrogens (tertiary/aromatic N) is 3. The first kappa shape index (κ1) is 14.9. The molecule has 2 rings (SSSR count). The largest absolute Gasteiger partial charge is 0.370 e. The smallest absolute Gasteiger partial charge is 0.185 e. The van der Waals surface area contributed by atoms with Gasteiger partial charge in [0.05, 0.1) is 10.7 Å². The maximum atomic E-state index is 6.23. The number of anilines is 1. The monoisotopic (exact) mass is 295 g/mol. The van der Waals surface area contributed by atoms with E-state index in [2.05, 4.69) is 20.9 Å². The van der Waals surface area contributed by atoms with Gasteiger partial charge in [0.25, 0.3) is 0 Å². The molecule has 110 valence electrons. The van der Waals surface area contributed by atoms with Crippen LogP contribution in [0.2, 0.25) is 5.02 Å². The van der Waals surface area contributed by atoms with Crippen LogP contribution in [0.1, 0.15) is 6.42 Å². The number of hydrogen-bond donors (Lipinski definition) is 2. The number of piperazine rings is 1. The third-order valence-corrected chi connectivity index (χ3v) is 3.81. The molecule has 0 saturated carbocycles. The van der Waals surface area contributed by atoms with Crippen LogP contribution >= 0.6 is 11.6 Å². The molecule has 1 fully saturated rings. The molecule has 5 nitrogen and oxygen atoms in total. The molecule has 6 heteroatoms. The third-order valence-electron chi connectivity index (χ3n) is 3.49. The van der Waals surface area contributed by atoms with Crippen molar-refractivity contribution in [2.75, 3.05) is 44.2 Å². The Morgan fingerprint density at radius 3 is 2.50 bits per heavy atom. The molecule has 1 aliphatic heterocycles. The molecule has 0 amide bonds. The normalized spacial score (nSPS) is 16.1. The molecule has 1 heterocycles. The summed E-state index contributed by atoms with van der Waals surface area (Å²) in [5, 5.41) is 0.828. The highest BCUT2D eigenvalue weighted by Crippen LogP contribution is 2.25. The first-order valence-electron chi connectivity index (χ1n) is 6.94. The molecule has 0 spiro atoms.